The summed E-state index contributed by atoms with van der Waals surface area (Å²) in [4.78, 5) is 12.2. The van der Waals surface area contributed by atoms with Crippen molar-refractivity contribution >= 4 is 49.7 Å². The second-order valence-electron chi connectivity index (χ2n) is 5.46. The third-order valence-corrected chi connectivity index (χ3v) is 6.51. The van der Waals surface area contributed by atoms with E-state index in [-0.39, 0.29) is 20.1 Å². The summed E-state index contributed by atoms with van der Waals surface area (Å²) in [5.74, 6) is -0.496. The van der Waals surface area contributed by atoms with Crippen molar-refractivity contribution in [1.29, 1.82) is 0 Å². The summed E-state index contributed by atoms with van der Waals surface area (Å²) in [6.07, 6.45) is 0.859. The highest BCUT2D eigenvalue weighted by molar-refractivity contribution is 7.94. The van der Waals surface area contributed by atoms with Gasteiger partial charge in [-0.15, -0.1) is 10.2 Å². The average molecular weight is 423 g/mol. The minimum Gasteiger partial charge on any atom is -0.296 e. The number of carbonyl (C=O) groups excluding carboxylic acids is 1. The molecule has 0 radical (unpaired) electrons. The minimum absolute atomic E-state index is 0.0571. The van der Waals surface area contributed by atoms with Crippen LogP contribution in [-0.4, -0.2) is 24.5 Å². The molecule has 0 bridgehead atoms. The number of sulfonamides is 1. The maximum atomic E-state index is 12.4. The summed E-state index contributed by atoms with van der Waals surface area (Å²) in [5.41, 5.74) is 1.77. The number of benzene rings is 2. The lowest BCUT2D eigenvalue weighted by atomic mass is 10.2. The number of hydrogen-bond donors (Lipinski definition) is 2. The van der Waals surface area contributed by atoms with Crippen LogP contribution in [-0.2, 0) is 16.4 Å². The van der Waals surface area contributed by atoms with Crippen LogP contribution < -0.4 is 10.0 Å². The Morgan fingerprint density at radius 2 is 1.81 bits per heavy atom. The lowest BCUT2D eigenvalue weighted by Gasteiger charge is -2.05. The second-order valence-corrected chi connectivity index (χ2v) is 8.70. The maximum absolute atomic E-state index is 12.4. The van der Waals surface area contributed by atoms with Gasteiger partial charge in [0.15, 0.2) is 0 Å². The lowest BCUT2D eigenvalue weighted by Crippen LogP contribution is -2.12. The number of hydrogen-bond acceptors (Lipinski definition) is 6. The first-order valence-corrected chi connectivity index (χ1v) is 10.6. The summed E-state index contributed by atoms with van der Waals surface area (Å²) < 4.78 is 27.1. The standard InChI is InChI=1S/C17H15ClN4O3S2/c1-2-11-7-9-12(10-8-11)22-27(24,25)17-21-20-16(26-17)19-15(23)13-5-3-4-6-14(13)18/h3-10,22H,2H2,1H3,(H,19,20,23). The van der Waals surface area contributed by atoms with Gasteiger partial charge in [-0.1, -0.05) is 54.1 Å². The molecule has 2 N–H and O–H groups in total. The van der Waals surface area contributed by atoms with Gasteiger partial charge in [0, 0.05) is 5.69 Å². The fourth-order valence-corrected chi connectivity index (χ4v) is 4.36. The number of nitrogens with one attached hydrogen (secondary N) is 2. The molecule has 2 aromatic carbocycles. The SMILES string of the molecule is CCc1ccc(NS(=O)(=O)c2nnc(NC(=O)c3ccccc3Cl)s2)cc1. The molecule has 0 aliphatic carbocycles. The fourth-order valence-electron chi connectivity index (χ4n) is 2.19. The van der Waals surface area contributed by atoms with Gasteiger partial charge in [-0.2, -0.15) is 8.42 Å². The Balaban J connectivity index is 1.74. The molecule has 0 aliphatic heterocycles. The molecule has 7 nitrogen and oxygen atoms in total. The van der Waals surface area contributed by atoms with Gasteiger partial charge in [0.25, 0.3) is 20.3 Å². The molecule has 1 aromatic heterocycles. The Morgan fingerprint density at radius 1 is 1.11 bits per heavy atom. The average Bonchev–Trinajstić information content (AvgIpc) is 3.12. The van der Waals surface area contributed by atoms with Gasteiger partial charge in [-0.25, -0.2) is 0 Å². The fraction of sp³-hybridized carbons (Fsp3) is 0.118. The number of aryl methyl sites for hydroxylation is 1. The first kappa shape index (κ1) is 19.3. The Hall–Kier alpha value is -2.49. The number of aromatic nitrogens is 2. The number of amides is 1. The zero-order chi connectivity index (χ0) is 19.4. The van der Waals surface area contributed by atoms with E-state index in [2.05, 4.69) is 20.2 Å². The van der Waals surface area contributed by atoms with Gasteiger partial charge >= 0.3 is 0 Å². The number of anilines is 2. The predicted octanol–water partition coefficient (Wildman–Crippen LogP) is 3.81. The van der Waals surface area contributed by atoms with Gasteiger partial charge in [-0.3, -0.25) is 14.8 Å². The topological polar surface area (TPSA) is 101 Å². The summed E-state index contributed by atoms with van der Waals surface area (Å²) in [6.45, 7) is 2.01. The van der Waals surface area contributed by atoms with Gasteiger partial charge in [0.1, 0.15) is 0 Å². The molecule has 10 heteroatoms. The summed E-state index contributed by atoms with van der Waals surface area (Å²) >= 11 is 6.72. The Bertz CT molecular complexity index is 1070. The Kier molecular flexibility index (Phi) is 5.73. The molecule has 0 saturated heterocycles. The highest BCUT2D eigenvalue weighted by Gasteiger charge is 2.21. The van der Waals surface area contributed by atoms with Crippen molar-refractivity contribution in [1.82, 2.24) is 10.2 Å². The van der Waals surface area contributed by atoms with Crippen LogP contribution in [0.1, 0.15) is 22.8 Å². The van der Waals surface area contributed by atoms with Crippen molar-refractivity contribution < 1.29 is 13.2 Å². The van der Waals surface area contributed by atoms with E-state index in [9.17, 15) is 13.2 Å². The van der Waals surface area contributed by atoms with Crippen LogP contribution in [0, 0.1) is 0 Å². The van der Waals surface area contributed by atoms with Gasteiger partial charge in [-0.05, 0) is 36.2 Å². The van der Waals surface area contributed by atoms with Crippen LogP contribution in [0.15, 0.2) is 52.9 Å². The number of rotatable bonds is 6. The summed E-state index contributed by atoms with van der Waals surface area (Å²) in [6, 6.07) is 13.5. The zero-order valence-electron chi connectivity index (χ0n) is 14.1. The van der Waals surface area contributed by atoms with Crippen molar-refractivity contribution in [3.63, 3.8) is 0 Å². The number of carbonyl (C=O) groups is 1. The third-order valence-electron chi connectivity index (χ3n) is 3.59. The van der Waals surface area contributed by atoms with E-state index < -0.39 is 15.9 Å². The molecule has 1 heterocycles. The smallest absolute Gasteiger partial charge is 0.291 e. The summed E-state index contributed by atoms with van der Waals surface area (Å²) in [5, 5.41) is 10.2. The first-order chi connectivity index (χ1) is 12.9. The molecule has 0 fully saturated rings. The number of nitrogens with zero attached hydrogens (tertiary/aromatic N) is 2. The molecule has 0 saturated carbocycles. The van der Waals surface area contributed by atoms with Crippen molar-refractivity contribution in [3.8, 4) is 0 Å². The van der Waals surface area contributed by atoms with E-state index in [1.165, 1.54) is 0 Å². The largest absolute Gasteiger partial charge is 0.296 e. The highest BCUT2D eigenvalue weighted by Crippen LogP contribution is 2.24. The molecule has 1 amide bonds. The highest BCUT2D eigenvalue weighted by atomic mass is 35.5. The van der Waals surface area contributed by atoms with Crippen molar-refractivity contribution in [2.75, 3.05) is 10.0 Å². The van der Waals surface area contributed by atoms with Crippen LogP contribution in [0.25, 0.3) is 0 Å². The molecule has 27 heavy (non-hydrogen) atoms. The van der Waals surface area contributed by atoms with E-state index in [1.807, 2.05) is 19.1 Å². The second kappa shape index (κ2) is 8.03. The van der Waals surface area contributed by atoms with E-state index in [4.69, 9.17) is 11.6 Å². The molecule has 0 atom stereocenters. The van der Waals surface area contributed by atoms with Crippen LogP contribution in [0.3, 0.4) is 0 Å². The zero-order valence-corrected chi connectivity index (χ0v) is 16.5. The minimum atomic E-state index is -3.90. The summed E-state index contributed by atoms with van der Waals surface area (Å²) in [7, 11) is -3.90. The lowest BCUT2D eigenvalue weighted by molar-refractivity contribution is 0.102. The van der Waals surface area contributed by atoms with Crippen molar-refractivity contribution in [3.05, 3.63) is 64.7 Å². The van der Waals surface area contributed by atoms with Gasteiger partial charge < -0.3 is 0 Å². The molecular formula is C17H15ClN4O3S2. The third kappa shape index (κ3) is 4.62. The monoisotopic (exact) mass is 422 g/mol. The van der Waals surface area contributed by atoms with Crippen molar-refractivity contribution in [2.24, 2.45) is 0 Å². The van der Waals surface area contributed by atoms with Crippen LogP contribution in [0.4, 0.5) is 10.8 Å². The van der Waals surface area contributed by atoms with E-state index in [1.54, 1.807) is 36.4 Å². The molecule has 3 aromatic rings. The Morgan fingerprint density at radius 3 is 2.48 bits per heavy atom. The van der Waals surface area contributed by atoms with Crippen molar-refractivity contribution in [2.45, 2.75) is 17.7 Å². The molecule has 3 rings (SSSR count). The quantitative estimate of drug-likeness (QED) is 0.588. The maximum Gasteiger partial charge on any atom is 0.291 e. The molecular weight excluding hydrogens is 408 g/mol. The number of halogens is 1. The van der Waals surface area contributed by atoms with Gasteiger partial charge in [0.2, 0.25) is 5.13 Å². The van der Waals surface area contributed by atoms with Gasteiger partial charge in [0.05, 0.1) is 10.6 Å². The normalized spacial score (nSPS) is 11.2. The molecule has 140 valence electrons. The predicted molar refractivity (Wildman–Crippen MR) is 106 cm³/mol. The molecule has 0 spiro atoms. The van der Waals surface area contributed by atoms with Crippen LogP contribution in [0.2, 0.25) is 5.02 Å². The van der Waals surface area contributed by atoms with Crippen LogP contribution >= 0.6 is 22.9 Å². The first-order valence-electron chi connectivity index (χ1n) is 7.90. The molecule has 0 unspecified atom stereocenters. The Labute approximate surface area is 165 Å². The van der Waals surface area contributed by atoms with E-state index in [0.717, 1.165) is 23.3 Å². The van der Waals surface area contributed by atoms with E-state index in [0.29, 0.717) is 5.69 Å². The molecule has 0 aliphatic rings. The van der Waals surface area contributed by atoms with E-state index >= 15 is 0 Å². The van der Waals surface area contributed by atoms with Crippen LogP contribution in [0.5, 0.6) is 0 Å².